The fourth-order valence-electron chi connectivity index (χ4n) is 3.53. The molecule has 0 spiro atoms. The molecular formula is C22H18BrN3O3S2. The predicted octanol–water partition coefficient (Wildman–Crippen LogP) is 4.42. The maximum absolute atomic E-state index is 13.4. The van der Waals surface area contributed by atoms with Gasteiger partial charge in [0, 0.05) is 22.3 Å². The smallest absolute Gasteiger partial charge is 0.267 e. The molecule has 0 saturated carbocycles. The van der Waals surface area contributed by atoms with Crippen LogP contribution in [0, 0.1) is 0 Å². The van der Waals surface area contributed by atoms with Crippen molar-refractivity contribution in [2.24, 2.45) is 0 Å². The summed E-state index contributed by atoms with van der Waals surface area (Å²) in [7, 11) is 0. The van der Waals surface area contributed by atoms with Crippen LogP contribution in [0.15, 0.2) is 57.9 Å². The van der Waals surface area contributed by atoms with Crippen LogP contribution in [0.5, 0.6) is 0 Å². The Hall–Kier alpha value is -2.49. The summed E-state index contributed by atoms with van der Waals surface area (Å²) in [6, 6.07) is 14.4. The van der Waals surface area contributed by atoms with Gasteiger partial charge < -0.3 is 5.32 Å². The van der Waals surface area contributed by atoms with Gasteiger partial charge in [0.1, 0.15) is 10.9 Å². The zero-order chi connectivity index (χ0) is 22.1. The van der Waals surface area contributed by atoms with E-state index in [4.69, 9.17) is 12.2 Å². The van der Waals surface area contributed by atoms with E-state index in [0.29, 0.717) is 38.3 Å². The van der Waals surface area contributed by atoms with Gasteiger partial charge in [-0.3, -0.25) is 24.2 Å². The van der Waals surface area contributed by atoms with Crippen LogP contribution in [0.1, 0.15) is 18.9 Å². The molecule has 158 valence electrons. The Balaban J connectivity index is 1.65. The van der Waals surface area contributed by atoms with Gasteiger partial charge in [0.05, 0.1) is 16.2 Å². The molecule has 0 aliphatic carbocycles. The van der Waals surface area contributed by atoms with Crippen molar-refractivity contribution in [2.45, 2.75) is 13.3 Å². The highest BCUT2D eigenvalue weighted by atomic mass is 79.9. The van der Waals surface area contributed by atoms with Gasteiger partial charge in [0.2, 0.25) is 5.91 Å². The van der Waals surface area contributed by atoms with E-state index < -0.39 is 0 Å². The summed E-state index contributed by atoms with van der Waals surface area (Å²) in [5, 5.41) is 2.80. The molecule has 0 bridgehead atoms. The van der Waals surface area contributed by atoms with Crippen molar-refractivity contribution >= 4 is 78.9 Å². The summed E-state index contributed by atoms with van der Waals surface area (Å²) in [5.74, 6) is -0.959. The van der Waals surface area contributed by atoms with Crippen molar-refractivity contribution < 1.29 is 14.4 Å². The van der Waals surface area contributed by atoms with Crippen molar-refractivity contribution in [1.29, 1.82) is 0 Å². The van der Waals surface area contributed by atoms with Crippen LogP contribution >= 0.6 is 39.9 Å². The van der Waals surface area contributed by atoms with Gasteiger partial charge in [-0.25, -0.2) is 0 Å². The first-order valence-electron chi connectivity index (χ1n) is 9.65. The van der Waals surface area contributed by atoms with Gasteiger partial charge in [-0.15, -0.1) is 0 Å². The summed E-state index contributed by atoms with van der Waals surface area (Å²) in [6.45, 7) is 2.31. The number of hydrogen-bond acceptors (Lipinski definition) is 5. The number of carbonyl (C=O) groups excluding carboxylic acids is 3. The highest BCUT2D eigenvalue weighted by Gasteiger charge is 2.42. The number of thiocarbonyl (C=S) groups is 1. The van der Waals surface area contributed by atoms with Gasteiger partial charge >= 0.3 is 0 Å². The number of fused-ring (bicyclic) bond motifs is 1. The van der Waals surface area contributed by atoms with Crippen LogP contribution < -0.4 is 10.2 Å². The van der Waals surface area contributed by atoms with Crippen molar-refractivity contribution in [3.63, 3.8) is 0 Å². The normalized spacial score (nSPS) is 18.1. The lowest BCUT2D eigenvalue weighted by Crippen LogP contribution is -2.35. The molecule has 2 aromatic carbocycles. The quantitative estimate of drug-likeness (QED) is 0.471. The number of anilines is 2. The SMILES string of the molecule is CCCN1C(=O)C(=C2C(=O)N(CC(=O)Nc3cccc(Br)c3)c3ccccc32)SC1=S. The predicted molar refractivity (Wildman–Crippen MR) is 131 cm³/mol. The van der Waals surface area contributed by atoms with Crippen LogP contribution in [0.2, 0.25) is 0 Å². The lowest BCUT2D eigenvalue weighted by atomic mass is 10.1. The Bertz CT molecular complexity index is 1150. The first kappa shape index (κ1) is 21.7. The Morgan fingerprint density at radius 3 is 2.61 bits per heavy atom. The molecule has 2 aliphatic heterocycles. The Morgan fingerprint density at radius 1 is 1.10 bits per heavy atom. The van der Waals surface area contributed by atoms with E-state index in [-0.39, 0.29) is 24.3 Å². The first-order chi connectivity index (χ1) is 14.9. The molecule has 2 heterocycles. The number of para-hydroxylation sites is 1. The summed E-state index contributed by atoms with van der Waals surface area (Å²) in [6.07, 6.45) is 0.765. The highest BCUT2D eigenvalue weighted by Crippen LogP contribution is 2.44. The van der Waals surface area contributed by atoms with Crippen LogP contribution in [-0.4, -0.2) is 40.0 Å². The van der Waals surface area contributed by atoms with Crippen molar-refractivity contribution in [3.8, 4) is 0 Å². The van der Waals surface area contributed by atoms with Gasteiger partial charge in [0.25, 0.3) is 11.8 Å². The minimum atomic E-state index is -0.373. The summed E-state index contributed by atoms with van der Waals surface area (Å²) >= 11 is 9.87. The fourth-order valence-corrected chi connectivity index (χ4v) is 5.31. The van der Waals surface area contributed by atoms with E-state index in [0.717, 1.165) is 22.7 Å². The van der Waals surface area contributed by atoms with Crippen molar-refractivity contribution in [2.75, 3.05) is 23.3 Å². The molecule has 4 rings (SSSR count). The molecule has 3 amide bonds. The fraction of sp³-hybridized carbons (Fsp3) is 0.182. The number of benzene rings is 2. The third-order valence-electron chi connectivity index (χ3n) is 4.86. The maximum Gasteiger partial charge on any atom is 0.267 e. The third kappa shape index (κ3) is 4.17. The molecule has 31 heavy (non-hydrogen) atoms. The van der Waals surface area contributed by atoms with Gasteiger partial charge in [-0.05, 0) is 30.7 Å². The molecule has 0 aromatic heterocycles. The Kier molecular flexibility index (Phi) is 6.27. The zero-order valence-electron chi connectivity index (χ0n) is 16.6. The van der Waals surface area contributed by atoms with E-state index in [1.165, 1.54) is 9.80 Å². The van der Waals surface area contributed by atoms with Gasteiger partial charge in [0.15, 0.2) is 0 Å². The van der Waals surface area contributed by atoms with Crippen LogP contribution in [0.25, 0.3) is 5.57 Å². The minimum Gasteiger partial charge on any atom is -0.324 e. The lowest BCUT2D eigenvalue weighted by molar-refractivity contribution is -0.122. The van der Waals surface area contributed by atoms with Crippen LogP contribution in [0.4, 0.5) is 11.4 Å². The summed E-state index contributed by atoms with van der Waals surface area (Å²) in [5.41, 5.74) is 2.18. The summed E-state index contributed by atoms with van der Waals surface area (Å²) in [4.78, 5) is 42.3. The minimum absolute atomic E-state index is 0.166. The monoisotopic (exact) mass is 515 g/mol. The number of rotatable bonds is 5. The molecule has 1 fully saturated rings. The number of hydrogen-bond donors (Lipinski definition) is 1. The number of nitrogens with zero attached hydrogens (tertiary/aromatic N) is 2. The zero-order valence-corrected chi connectivity index (χ0v) is 19.8. The van der Waals surface area contributed by atoms with E-state index >= 15 is 0 Å². The maximum atomic E-state index is 13.4. The highest BCUT2D eigenvalue weighted by molar-refractivity contribution is 9.10. The topological polar surface area (TPSA) is 69.7 Å². The van der Waals surface area contributed by atoms with Gasteiger partial charge in [-0.1, -0.05) is 71.1 Å². The molecular weight excluding hydrogens is 498 g/mol. The number of amides is 3. The molecule has 0 radical (unpaired) electrons. The summed E-state index contributed by atoms with van der Waals surface area (Å²) < 4.78 is 1.29. The Morgan fingerprint density at radius 2 is 1.87 bits per heavy atom. The second kappa shape index (κ2) is 8.94. The molecule has 9 heteroatoms. The molecule has 1 saturated heterocycles. The average Bonchev–Trinajstić information content (AvgIpc) is 3.16. The molecule has 6 nitrogen and oxygen atoms in total. The Labute approximate surface area is 197 Å². The van der Waals surface area contributed by atoms with E-state index in [1.807, 2.05) is 25.1 Å². The number of carbonyl (C=O) groups is 3. The van der Waals surface area contributed by atoms with Gasteiger partial charge in [-0.2, -0.15) is 0 Å². The van der Waals surface area contributed by atoms with Crippen molar-refractivity contribution in [3.05, 3.63) is 63.5 Å². The third-order valence-corrected chi connectivity index (χ3v) is 6.80. The van der Waals surface area contributed by atoms with E-state index in [1.54, 1.807) is 30.3 Å². The number of halogens is 1. The lowest BCUT2D eigenvalue weighted by Gasteiger charge is -2.17. The molecule has 2 aliphatic rings. The van der Waals surface area contributed by atoms with Crippen LogP contribution in [-0.2, 0) is 14.4 Å². The number of thioether (sulfide) groups is 1. The average molecular weight is 516 g/mol. The standard InChI is InChI=1S/C22H18BrN3O3S2/c1-2-10-25-21(29)19(31-22(25)30)18-15-8-3-4-9-16(15)26(20(18)28)12-17(27)24-14-7-5-6-13(23)11-14/h3-9,11H,2,10,12H2,1H3,(H,24,27). The number of nitrogens with one attached hydrogen (secondary N) is 1. The molecule has 1 N–H and O–H groups in total. The second-order valence-corrected chi connectivity index (χ2v) is 9.56. The molecule has 0 atom stereocenters. The van der Waals surface area contributed by atoms with E-state index in [9.17, 15) is 14.4 Å². The molecule has 0 unspecified atom stereocenters. The van der Waals surface area contributed by atoms with E-state index in [2.05, 4.69) is 21.2 Å². The second-order valence-electron chi connectivity index (χ2n) is 7.00. The first-order valence-corrected chi connectivity index (χ1v) is 11.7. The van der Waals surface area contributed by atoms with Crippen molar-refractivity contribution in [1.82, 2.24) is 4.90 Å². The molecule has 2 aromatic rings. The van der Waals surface area contributed by atoms with Crippen LogP contribution in [0.3, 0.4) is 0 Å². The largest absolute Gasteiger partial charge is 0.324 e.